The molecule has 0 aromatic heterocycles. The summed E-state index contributed by atoms with van der Waals surface area (Å²) < 4.78 is 20.0. The fraction of sp³-hybridized carbons (Fsp3) is 0.650. The van der Waals surface area contributed by atoms with Gasteiger partial charge in [-0.05, 0) is 36.5 Å². The highest BCUT2D eigenvalue weighted by molar-refractivity contribution is 5.80. The molecule has 0 unspecified atom stereocenters. The Kier molecular flexibility index (Phi) is 6.79. The largest absolute Gasteiger partial charge is 0.487 e. The number of rotatable bonds is 7. The minimum atomic E-state index is -0.272. The molecule has 1 heterocycles. The van der Waals surface area contributed by atoms with Gasteiger partial charge in [-0.2, -0.15) is 0 Å². The zero-order valence-corrected chi connectivity index (χ0v) is 15.3. The molecule has 1 aromatic carbocycles. The maximum absolute atomic E-state index is 14.2. The summed E-state index contributed by atoms with van der Waals surface area (Å²) in [5.74, 6) is 0.827. The summed E-state index contributed by atoms with van der Waals surface area (Å²) in [6, 6.07) is 5.26. The molecule has 4 heteroatoms. The van der Waals surface area contributed by atoms with Crippen LogP contribution in [0.4, 0.5) is 4.39 Å². The molecule has 24 heavy (non-hydrogen) atoms. The maximum atomic E-state index is 14.2. The van der Waals surface area contributed by atoms with E-state index in [1.165, 1.54) is 0 Å². The SMILES string of the molecule is CC(C)C(=O)CCN1CCC(Oc2ccc(C(C)C)cc2F)CC1. The maximum Gasteiger partial charge on any atom is 0.165 e. The van der Waals surface area contributed by atoms with E-state index in [0.29, 0.717) is 23.9 Å². The predicted octanol–water partition coefficient (Wildman–Crippen LogP) is 4.41. The van der Waals surface area contributed by atoms with E-state index in [4.69, 9.17) is 4.74 Å². The molecule has 0 saturated carbocycles. The Labute approximate surface area is 145 Å². The number of hydrogen-bond donors (Lipinski definition) is 0. The molecule has 1 aliphatic rings. The van der Waals surface area contributed by atoms with Crippen molar-refractivity contribution in [2.24, 2.45) is 5.92 Å². The number of likely N-dealkylation sites (tertiary alicyclic amines) is 1. The summed E-state index contributed by atoms with van der Waals surface area (Å²) in [6.07, 6.45) is 2.43. The molecule has 1 aliphatic heterocycles. The highest BCUT2D eigenvalue weighted by atomic mass is 19.1. The smallest absolute Gasteiger partial charge is 0.165 e. The third kappa shape index (κ3) is 5.30. The van der Waals surface area contributed by atoms with Crippen LogP contribution >= 0.6 is 0 Å². The summed E-state index contributed by atoms with van der Waals surface area (Å²) in [5.41, 5.74) is 0.990. The van der Waals surface area contributed by atoms with E-state index < -0.39 is 0 Å². The summed E-state index contributed by atoms with van der Waals surface area (Å²) >= 11 is 0. The van der Waals surface area contributed by atoms with Crippen LogP contribution in [0.1, 0.15) is 58.4 Å². The molecule has 0 spiro atoms. The van der Waals surface area contributed by atoms with Crippen LogP contribution in [0.5, 0.6) is 5.75 Å². The first-order valence-electron chi connectivity index (χ1n) is 9.08. The Bertz CT molecular complexity index is 549. The highest BCUT2D eigenvalue weighted by Crippen LogP contribution is 2.26. The Morgan fingerprint density at radius 3 is 2.46 bits per heavy atom. The van der Waals surface area contributed by atoms with Gasteiger partial charge in [-0.1, -0.05) is 33.8 Å². The van der Waals surface area contributed by atoms with Crippen molar-refractivity contribution in [1.82, 2.24) is 4.90 Å². The van der Waals surface area contributed by atoms with Gasteiger partial charge in [0.2, 0.25) is 0 Å². The third-order valence-corrected chi connectivity index (χ3v) is 4.77. The first-order chi connectivity index (χ1) is 11.4. The van der Waals surface area contributed by atoms with Crippen molar-refractivity contribution >= 4 is 5.78 Å². The average molecular weight is 335 g/mol. The summed E-state index contributed by atoms with van der Waals surface area (Å²) in [6.45, 7) is 10.6. The Morgan fingerprint density at radius 1 is 1.25 bits per heavy atom. The number of halogens is 1. The highest BCUT2D eigenvalue weighted by Gasteiger charge is 2.22. The molecule has 0 N–H and O–H groups in total. The van der Waals surface area contributed by atoms with E-state index in [1.54, 1.807) is 12.1 Å². The molecule has 3 nitrogen and oxygen atoms in total. The zero-order chi connectivity index (χ0) is 17.7. The van der Waals surface area contributed by atoms with Crippen LogP contribution < -0.4 is 4.74 Å². The van der Waals surface area contributed by atoms with Gasteiger partial charge in [0.15, 0.2) is 11.6 Å². The minimum absolute atomic E-state index is 0.0569. The summed E-state index contributed by atoms with van der Waals surface area (Å²) in [7, 11) is 0. The number of piperidine rings is 1. The van der Waals surface area contributed by atoms with Crippen LogP contribution in [0, 0.1) is 11.7 Å². The van der Waals surface area contributed by atoms with E-state index >= 15 is 0 Å². The van der Waals surface area contributed by atoms with E-state index in [9.17, 15) is 9.18 Å². The van der Waals surface area contributed by atoms with E-state index in [2.05, 4.69) is 18.7 Å². The van der Waals surface area contributed by atoms with Crippen molar-refractivity contribution in [3.8, 4) is 5.75 Å². The molecule has 1 aromatic rings. The molecular weight excluding hydrogens is 305 g/mol. The van der Waals surface area contributed by atoms with Gasteiger partial charge in [0.25, 0.3) is 0 Å². The number of Topliss-reactive ketones (excluding diaryl/α,β-unsaturated/α-hetero) is 1. The lowest BCUT2D eigenvalue weighted by molar-refractivity contribution is -0.122. The topological polar surface area (TPSA) is 29.5 Å². The van der Waals surface area contributed by atoms with Crippen molar-refractivity contribution in [3.63, 3.8) is 0 Å². The minimum Gasteiger partial charge on any atom is -0.487 e. The first-order valence-corrected chi connectivity index (χ1v) is 9.08. The Hall–Kier alpha value is -1.42. The van der Waals surface area contributed by atoms with Gasteiger partial charge in [0.1, 0.15) is 11.9 Å². The first kappa shape index (κ1) is 18.9. The third-order valence-electron chi connectivity index (χ3n) is 4.77. The van der Waals surface area contributed by atoms with Crippen molar-refractivity contribution in [2.75, 3.05) is 19.6 Å². The van der Waals surface area contributed by atoms with Crippen LogP contribution in [0.3, 0.4) is 0 Å². The zero-order valence-electron chi connectivity index (χ0n) is 15.3. The van der Waals surface area contributed by atoms with E-state index in [1.807, 2.05) is 19.9 Å². The Balaban J connectivity index is 1.80. The molecule has 0 amide bonds. The molecule has 1 saturated heterocycles. The molecule has 2 rings (SSSR count). The average Bonchev–Trinajstić information content (AvgIpc) is 2.55. The van der Waals surface area contributed by atoms with Crippen LogP contribution in [-0.2, 0) is 4.79 Å². The lowest BCUT2D eigenvalue weighted by Crippen LogP contribution is -2.39. The molecular formula is C20H30FNO2. The number of ether oxygens (including phenoxy) is 1. The summed E-state index contributed by atoms with van der Waals surface area (Å²) in [4.78, 5) is 14.0. The van der Waals surface area contributed by atoms with Gasteiger partial charge in [-0.25, -0.2) is 4.39 Å². The van der Waals surface area contributed by atoms with Crippen LogP contribution in [-0.4, -0.2) is 36.4 Å². The fourth-order valence-electron chi connectivity index (χ4n) is 2.96. The second-order valence-corrected chi connectivity index (χ2v) is 7.37. The van der Waals surface area contributed by atoms with Gasteiger partial charge in [0, 0.05) is 32.0 Å². The van der Waals surface area contributed by atoms with Gasteiger partial charge < -0.3 is 9.64 Å². The van der Waals surface area contributed by atoms with Gasteiger partial charge in [-0.3, -0.25) is 4.79 Å². The number of benzene rings is 1. The van der Waals surface area contributed by atoms with Crippen LogP contribution in [0.15, 0.2) is 18.2 Å². The number of ketones is 1. The predicted molar refractivity (Wildman–Crippen MR) is 95.0 cm³/mol. The molecule has 134 valence electrons. The van der Waals surface area contributed by atoms with E-state index in [-0.39, 0.29) is 17.8 Å². The number of nitrogens with zero attached hydrogens (tertiary/aromatic N) is 1. The monoisotopic (exact) mass is 335 g/mol. The van der Waals surface area contributed by atoms with Gasteiger partial charge in [0.05, 0.1) is 0 Å². The quantitative estimate of drug-likeness (QED) is 0.739. The van der Waals surface area contributed by atoms with Gasteiger partial charge in [-0.15, -0.1) is 0 Å². The molecule has 1 fully saturated rings. The second kappa shape index (κ2) is 8.61. The van der Waals surface area contributed by atoms with Crippen molar-refractivity contribution < 1.29 is 13.9 Å². The number of hydrogen-bond acceptors (Lipinski definition) is 3. The lowest BCUT2D eigenvalue weighted by Gasteiger charge is -2.32. The van der Waals surface area contributed by atoms with Crippen molar-refractivity contribution in [3.05, 3.63) is 29.6 Å². The van der Waals surface area contributed by atoms with Crippen molar-refractivity contribution in [1.29, 1.82) is 0 Å². The molecule has 0 aliphatic carbocycles. The molecule has 0 atom stereocenters. The summed E-state index contributed by atoms with van der Waals surface area (Å²) in [5, 5.41) is 0. The standard InChI is InChI=1S/C20H30FNO2/c1-14(2)16-5-6-20(18(21)13-16)24-17-7-10-22(11-8-17)12-9-19(23)15(3)4/h5-6,13-15,17H,7-12H2,1-4H3. The van der Waals surface area contributed by atoms with Crippen molar-refractivity contribution in [2.45, 2.75) is 59.0 Å². The second-order valence-electron chi connectivity index (χ2n) is 7.37. The van der Waals surface area contributed by atoms with Crippen LogP contribution in [0.25, 0.3) is 0 Å². The molecule has 0 radical (unpaired) electrons. The number of carbonyl (C=O) groups is 1. The van der Waals surface area contributed by atoms with Crippen LogP contribution in [0.2, 0.25) is 0 Å². The number of carbonyl (C=O) groups excluding carboxylic acids is 1. The molecule has 0 bridgehead atoms. The van der Waals surface area contributed by atoms with E-state index in [0.717, 1.165) is 38.0 Å². The normalized spacial score (nSPS) is 16.8. The fourth-order valence-corrected chi connectivity index (χ4v) is 2.96. The van der Waals surface area contributed by atoms with Gasteiger partial charge >= 0.3 is 0 Å². The Morgan fingerprint density at radius 2 is 1.92 bits per heavy atom. The lowest BCUT2D eigenvalue weighted by atomic mass is 10.0.